The number of benzene rings is 1. The lowest BCUT2D eigenvalue weighted by Crippen LogP contribution is -2.21. The highest BCUT2D eigenvalue weighted by atomic mass is 16.1. The van der Waals surface area contributed by atoms with Gasteiger partial charge in [0.15, 0.2) is 5.78 Å². The zero-order chi connectivity index (χ0) is 12.0. The van der Waals surface area contributed by atoms with Gasteiger partial charge in [0.25, 0.3) is 5.91 Å². The number of amides is 1. The Bertz CT molecular complexity index is 457. The van der Waals surface area contributed by atoms with Crippen molar-refractivity contribution >= 4 is 11.7 Å². The summed E-state index contributed by atoms with van der Waals surface area (Å²) < 4.78 is 0. The standard InChI is InChI=1S/C13H13NO2/c1-3-6-13(16)14-9-11-7-4-5-8-12(11)10(2)15/h4-8H,1,9H2,2H3,(H,14,16). The van der Waals surface area contributed by atoms with Crippen LogP contribution in [0.15, 0.2) is 42.7 Å². The molecule has 1 aromatic carbocycles. The van der Waals surface area contributed by atoms with E-state index >= 15 is 0 Å². The van der Waals surface area contributed by atoms with E-state index in [1.807, 2.05) is 12.1 Å². The summed E-state index contributed by atoms with van der Waals surface area (Å²) in [4.78, 5) is 22.4. The van der Waals surface area contributed by atoms with Crippen LogP contribution in [0.5, 0.6) is 0 Å². The molecule has 82 valence electrons. The summed E-state index contributed by atoms with van der Waals surface area (Å²) in [7, 11) is 0. The summed E-state index contributed by atoms with van der Waals surface area (Å²) >= 11 is 0. The molecule has 0 aliphatic carbocycles. The monoisotopic (exact) mass is 215 g/mol. The van der Waals surface area contributed by atoms with Crippen molar-refractivity contribution in [2.45, 2.75) is 13.5 Å². The van der Waals surface area contributed by atoms with Gasteiger partial charge in [-0.25, -0.2) is 0 Å². The number of Topliss-reactive ketones (excluding diaryl/α,β-unsaturated/α-hetero) is 1. The first-order valence-corrected chi connectivity index (χ1v) is 4.87. The number of carbonyl (C=O) groups is 2. The molecule has 0 atom stereocenters. The third-order valence-electron chi connectivity index (χ3n) is 2.08. The third-order valence-corrected chi connectivity index (χ3v) is 2.08. The molecule has 16 heavy (non-hydrogen) atoms. The second-order valence-electron chi connectivity index (χ2n) is 3.28. The SMILES string of the molecule is C=C=CC(=O)NCc1ccccc1C(C)=O. The van der Waals surface area contributed by atoms with E-state index < -0.39 is 0 Å². The maximum absolute atomic E-state index is 11.3. The number of hydrogen-bond donors (Lipinski definition) is 1. The average Bonchev–Trinajstić information content (AvgIpc) is 2.27. The second kappa shape index (κ2) is 5.69. The van der Waals surface area contributed by atoms with Crippen LogP contribution < -0.4 is 5.32 Å². The minimum Gasteiger partial charge on any atom is -0.348 e. The van der Waals surface area contributed by atoms with E-state index in [4.69, 9.17) is 0 Å². The van der Waals surface area contributed by atoms with E-state index in [2.05, 4.69) is 17.6 Å². The van der Waals surface area contributed by atoms with E-state index in [0.717, 1.165) is 5.56 Å². The molecule has 0 unspecified atom stereocenters. The number of hydrogen-bond acceptors (Lipinski definition) is 2. The zero-order valence-corrected chi connectivity index (χ0v) is 9.12. The van der Waals surface area contributed by atoms with Crippen LogP contribution in [0.3, 0.4) is 0 Å². The Morgan fingerprint density at radius 3 is 2.75 bits per heavy atom. The summed E-state index contributed by atoms with van der Waals surface area (Å²) in [5.41, 5.74) is 3.82. The van der Waals surface area contributed by atoms with Crippen molar-refractivity contribution in [2.24, 2.45) is 0 Å². The molecule has 1 amide bonds. The van der Waals surface area contributed by atoms with Crippen molar-refractivity contribution in [3.05, 3.63) is 53.8 Å². The van der Waals surface area contributed by atoms with E-state index in [0.29, 0.717) is 12.1 Å². The van der Waals surface area contributed by atoms with Crippen LogP contribution in [-0.2, 0) is 11.3 Å². The molecule has 1 N–H and O–H groups in total. The van der Waals surface area contributed by atoms with Crippen molar-refractivity contribution in [2.75, 3.05) is 0 Å². The quantitative estimate of drug-likeness (QED) is 0.473. The summed E-state index contributed by atoms with van der Waals surface area (Å²) in [6.07, 6.45) is 1.22. The first kappa shape index (κ1) is 12.0. The van der Waals surface area contributed by atoms with E-state index in [1.54, 1.807) is 12.1 Å². The molecule has 1 rings (SSSR count). The molecule has 0 bridgehead atoms. The smallest absolute Gasteiger partial charge is 0.251 e. The van der Waals surface area contributed by atoms with Crippen LogP contribution in [0.25, 0.3) is 0 Å². The number of nitrogens with one attached hydrogen (secondary N) is 1. The van der Waals surface area contributed by atoms with Gasteiger partial charge in [-0.15, -0.1) is 5.73 Å². The molecule has 0 saturated heterocycles. The summed E-state index contributed by atoms with van der Waals surface area (Å²) in [6.45, 7) is 5.14. The van der Waals surface area contributed by atoms with Gasteiger partial charge in [-0.3, -0.25) is 9.59 Å². The molecule has 3 nitrogen and oxygen atoms in total. The number of carbonyl (C=O) groups excluding carboxylic acids is 2. The molecule has 0 aromatic heterocycles. The fraction of sp³-hybridized carbons (Fsp3) is 0.154. The molecular weight excluding hydrogens is 202 g/mol. The first-order chi connectivity index (χ1) is 7.65. The van der Waals surface area contributed by atoms with Crippen molar-refractivity contribution in [1.82, 2.24) is 5.32 Å². The number of rotatable bonds is 4. The van der Waals surface area contributed by atoms with Crippen molar-refractivity contribution < 1.29 is 9.59 Å². The summed E-state index contributed by atoms with van der Waals surface area (Å²) in [5, 5.41) is 2.65. The van der Waals surface area contributed by atoms with Gasteiger partial charge in [0.05, 0.1) is 0 Å². The van der Waals surface area contributed by atoms with Crippen LogP contribution in [0.2, 0.25) is 0 Å². The summed E-state index contributed by atoms with van der Waals surface area (Å²) in [5.74, 6) is -0.280. The molecule has 0 aliphatic rings. The predicted octanol–water partition coefficient (Wildman–Crippen LogP) is 1.85. The van der Waals surface area contributed by atoms with Gasteiger partial charge in [-0.05, 0) is 12.5 Å². The fourth-order valence-corrected chi connectivity index (χ4v) is 1.34. The van der Waals surface area contributed by atoms with E-state index in [9.17, 15) is 9.59 Å². The van der Waals surface area contributed by atoms with Crippen molar-refractivity contribution in [1.29, 1.82) is 0 Å². The minimum atomic E-state index is -0.270. The molecule has 0 radical (unpaired) electrons. The Balaban J connectivity index is 2.77. The Morgan fingerprint density at radius 2 is 2.12 bits per heavy atom. The van der Waals surface area contributed by atoms with Crippen LogP contribution in [0, 0.1) is 0 Å². The maximum atomic E-state index is 11.3. The van der Waals surface area contributed by atoms with E-state index in [1.165, 1.54) is 13.0 Å². The first-order valence-electron chi connectivity index (χ1n) is 4.87. The number of ketones is 1. The summed E-state index contributed by atoms with van der Waals surface area (Å²) in [6, 6.07) is 7.19. The molecule has 0 spiro atoms. The Labute approximate surface area is 94.5 Å². The molecule has 1 aromatic rings. The van der Waals surface area contributed by atoms with Crippen LogP contribution in [-0.4, -0.2) is 11.7 Å². The van der Waals surface area contributed by atoms with Gasteiger partial charge >= 0.3 is 0 Å². The topological polar surface area (TPSA) is 46.2 Å². The molecule has 3 heteroatoms. The largest absolute Gasteiger partial charge is 0.348 e. The molecular formula is C13H13NO2. The Hall–Kier alpha value is -2.12. The van der Waals surface area contributed by atoms with Crippen LogP contribution >= 0.6 is 0 Å². The lowest BCUT2D eigenvalue weighted by Gasteiger charge is -2.06. The average molecular weight is 215 g/mol. The van der Waals surface area contributed by atoms with Gasteiger partial charge in [0.2, 0.25) is 0 Å². The molecule has 0 aliphatic heterocycles. The third kappa shape index (κ3) is 3.23. The zero-order valence-electron chi connectivity index (χ0n) is 9.12. The Kier molecular flexibility index (Phi) is 4.25. The van der Waals surface area contributed by atoms with Gasteiger partial charge < -0.3 is 5.32 Å². The Morgan fingerprint density at radius 1 is 1.44 bits per heavy atom. The minimum absolute atomic E-state index is 0.0101. The highest BCUT2D eigenvalue weighted by Crippen LogP contribution is 2.08. The van der Waals surface area contributed by atoms with Gasteiger partial charge in [-0.1, -0.05) is 30.8 Å². The second-order valence-corrected chi connectivity index (χ2v) is 3.28. The highest BCUT2D eigenvalue weighted by Gasteiger charge is 2.06. The van der Waals surface area contributed by atoms with Gasteiger partial charge in [0, 0.05) is 18.2 Å². The van der Waals surface area contributed by atoms with Gasteiger partial charge in [-0.2, -0.15) is 0 Å². The molecule has 0 fully saturated rings. The maximum Gasteiger partial charge on any atom is 0.251 e. The van der Waals surface area contributed by atoms with Gasteiger partial charge in [0.1, 0.15) is 0 Å². The lowest BCUT2D eigenvalue weighted by molar-refractivity contribution is -0.116. The highest BCUT2D eigenvalue weighted by molar-refractivity contribution is 5.95. The van der Waals surface area contributed by atoms with Crippen molar-refractivity contribution in [3.8, 4) is 0 Å². The molecule has 0 saturated carbocycles. The van der Waals surface area contributed by atoms with Crippen LogP contribution in [0.1, 0.15) is 22.8 Å². The molecule has 0 heterocycles. The van der Waals surface area contributed by atoms with Crippen molar-refractivity contribution in [3.63, 3.8) is 0 Å². The lowest BCUT2D eigenvalue weighted by atomic mass is 10.0. The normalized spacial score (nSPS) is 9.06. The van der Waals surface area contributed by atoms with E-state index in [-0.39, 0.29) is 11.7 Å². The van der Waals surface area contributed by atoms with Crippen LogP contribution in [0.4, 0.5) is 0 Å². The fourth-order valence-electron chi connectivity index (χ4n) is 1.34. The predicted molar refractivity (Wildman–Crippen MR) is 62.0 cm³/mol.